The van der Waals surface area contributed by atoms with Crippen molar-refractivity contribution in [2.45, 2.75) is 58.5 Å². The minimum absolute atomic E-state index is 0.0596. The highest BCUT2D eigenvalue weighted by atomic mass is 16.5. The molecular formula is C18H32N2O. The van der Waals surface area contributed by atoms with Crippen molar-refractivity contribution < 1.29 is 4.74 Å². The Morgan fingerprint density at radius 3 is 2.29 bits per heavy atom. The summed E-state index contributed by atoms with van der Waals surface area (Å²) in [5.74, 6) is 0.912. The Kier molecular flexibility index (Phi) is 7.20. The Hall–Kier alpha value is -1.06. The van der Waals surface area contributed by atoms with Gasteiger partial charge in [0.15, 0.2) is 0 Å². The molecule has 0 aromatic heterocycles. The van der Waals surface area contributed by atoms with E-state index < -0.39 is 0 Å². The molecule has 3 heteroatoms. The number of benzene rings is 1. The van der Waals surface area contributed by atoms with Gasteiger partial charge in [0.2, 0.25) is 0 Å². The van der Waals surface area contributed by atoms with E-state index in [2.05, 4.69) is 44.7 Å². The van der Waals surface area contributed by atoms with Gasteiger partial charge in [-0.3, -0.25) is 4.90 Å². The maximum atomic E-state index is 6.12. The first kappa shape index (κ1) is 18.0. The molecule has 0 bridgehead atoms. The fourth-order valence-corrected chi connectivity index (χ4v) is 3.01. The van der Waals surface area contributed by atoms with Gasteiger partial charge >= 0.3 is 0 Å². The van der Waals surface area contributed by atoms with E-state index >= 15 is 0 Å². The van der Waals surface area contributed by atoms with Gasteiger partial charge in [0.1, 0.15) is 5.75 Å². The van der Waals surface area contributed by atoms with Crippen molar-refractivity contribution in [3.8, 4) is 5.75 Å². The van der Waals surface area contributed by atoms with Gasteiger partial charge in [0.25, 0.3) is 0 Å². The zero-order valence-corrected chi connectivity index (χ0v) is 14.4. The molecule has 0 saturated heterocycles. The number of ether oxygens (including phenoxy) is 1. The second kappa shape index (κ2) is 8.40. The molecule has 0 aliphatic heterocycles. The van der Waals surface area contributed by atoms with Crippen LogP contribution in [0.25, 0.3) is 0 Å². The van der Waals surface area contributed by atoms with E-state index in [9.17, 15) is 0 Å². The van der Waals surface area contributed by atoms with Crippen LogP contribution >= 0.6 is 0 Å². The summed E-state index contributed by atoms with van der Waals surface area (Å²) in [5.41, 5.74) is 7.53. The second-order valence-corrected chi connectivity index (χ2v) is 6.09. The molecule has 2 N–H and O–H groups in total. The number of nitrogens with zero attached hydrogens (tertiary/aromatic N) is 1. The first-order valence-corrected chi connectivity index (χ1v) is 8.10. The number of methoxy groups -OCH3 is 1. The maximum absolute atomic E-state index is 6.12. The minimum atomic E-state index is 0.0596. The van der Waals surface area contributed by atoms with Crippen LogP contribution in [0.5, 0.6) is 5.75 Å². The van der Waals surface area contributed by atoms with Crippen LogP contribution in [0.2, 0.25) is 0 Å². The fraction of sp³-hybridized carbons (Fsp3) is 0.667. The standard InChI is InChI=1S/C18H32N2O/c1-6-15(3)20(7-2)18(4,14-19)13-12-16-8-10-17(21-5)11-9-16/h8-11,15H,6-7,12-14,19H2,1-5H3. The van der Waals surface area contributed by atoms with Crippen molar-refractivity contribution in [1.29, 1.82) is 0 Å². The maximum Gasteiger partial charge on any atom is 0.118 e. The number of hydrogen-bond donors (Lipinski definition) is 1. The first-order chi connectivity index (χ1) is 10.0. The van der Waals surface area contributed by atoms with Crippen molar-refractivity contribution in [2.24, 2.45) is 5.73 Å². The Morgan fingerprint density at radius 2 is 1.86 bits per heavy atom. The van der Waals surface area contributed by atoms with Gasteiger partial charge in [-0.1, -0.05) is 26.0 Å². The van der Waals surface area contributed by atoms with Crippen molar-refractivity contribution in [3.63, 3.8) is 0 Å². The SMILES string of the molecule is CCC(C)N(CC)C(C)(CN)CCc1ccc(OC)cc1. The topological polar surface area (TPSA) is 38.5 Å². The lowest BCUT2D eigenvalue weighted by atomic mass is 9.89. The van der Waals surface area contributed by atoms with Crippen LogP contribution in [0.15, 0.2) is 24.3 Å². The lowest BCUT2D eigenvalue weighted by Crippen LogP contribution is -2.55. The lowest BCUT2D eigenvalue weighted by molar-refractivity contribution is 0.0653. The van der Waals surface area contributed by atoms with Crippen LogP contribution in [-0.2, 0) is 6.42 Å². The third-order valence-electron chi connectivity index (χ3n) is 4.71. The predicted octanol–water partition coefficient (Wildman–Crippen LogP) is 3.47. The highest BCUT2D eigenvalue weighted by Gasteiger charge is 2.31. The molecule has 3 nitrogen and oxygen atoms in total. The highest BCUT2D eigenvalue weighted by molar-refractivity contribution is 5.27. The fourth-order valence-electron chi connectivity index (χ4n) is 3.01. The summed E-state index contributed by atoms with van der Waals surface area (Å²) in [4.78, 5) is 2.55. The summed E-state index contributed by atoms with van der Waals surface area (Å²) in [5, 5.41) is 0. The Balaban J connectivity index is 2.74. The van der Waals surface area contributed by atoms with Crippen molar-refractivity contribution in [3.05, 3.63) is 29.8 Å². The molecule has 21 heavy (non-hydrogen) atoms. The monoisotopic (exact) mass is 292 g/mol. The summed E-state index contributed by atoms with van der Waals surface area (Å²) < 4.78 is 5.21. The van der Waals surface area contributed by atoms with Crippen LogP contribution in [0.3, 0.4) is 0 Å². The van der Waals surface area contributed by atoms with Gasteiger partial charge < -0.3 is 10.5 Å². The van der Waals surface area contributed by atoms with Crippen LogP contribution in [0, 0.1) is 0 Å². The van der Waals surface area contributed by atoms with Crippen LogP contribution in [-0.4, -0.2) is 36.7 Å². The number of likely N-dealkylation sites (N-methyl/N-ethyl adjacent to an activating group) is 1. The molecule has 1 aromatic carbocycles. The van der Waals surface area contributed by atoms with E-state index in [1.807, 2.05) is 12.1 Å². The van der Waals surface area contributed by atoms with Crippen LogP contribution < -0.4 is 10.5 Å². The van der Waals surface area contributed by atoms with E-state index in [1.165, 1.54) is 5.56 Å². The van der Waals surface area contributed by atoms with Gasteiger partial charge in [0, 0.05) is 18.1 Å². The molecule has 0 fully saturated rings. The number of nitrogens with two attached hydrogens (primary N) is 1. The predicted molar refractivity (Wildman–Crippen MR) is 90.9 cm³/mol. The molecule has 0 radical (unpaired) electrons. The van der Waals surface area contributed by atoms with Crippen LogP contribution in [0.1, 0.15) is 46.1 Å². The second-order valence-electron chi connectivity index (χ2n) is 6.09. The van der Waals surface area contributed by atoms with Crippen molar-refractivity contribution in [2.75, 3.05) is 20.2 Å². The molecule has 0 spiro atoms. The molecule has 0 aliphatic rings. The molecular weight excluding hydrogens is 260 g/mol. The average molecular weight is 292 g/mol. The summed E-state index contributed by atoms with van der Waals surface area (Å²) in [6, 6.07) is 8.92. The number of hydrogen-bond acceptors (Lipinski definition) is 3. The van der Waals surface area contributed by atoms with E-state index in [0.717, 1.165) is 31.6 Å². The molecule has 0 amide bonds. The molecule has 1 rings (SSSR count). The van der Waals surface area contributed by atoms with E-state index in [4.69, 9.17) is 10.5 Å². The third-order valence-corrected chi connectivity index (χ3v) is 4.71. The third kappa shape index (κ3) is 4.72. The summed E-state index contributed by atoms with van der Waals surface area (Å²) in [7, 11) is 1.70. The Morgan fingerprint density at radius 1 is 1.24 bits per heavy atom. The van der Waals surface area contributed by atoms with Gasteiger partial charge in [-0.25, -0.2) is 0 Å². The highest BCUT2D eigenvalue weighted by Crippen LogP contribution is 2.25. The zero-order valence-electron chi connectivity index (χ0n) is 14.4. The average Bonchev–Trinajstić information content (AvgIpc) is 2.53. The zero-order chi connectivity index (χ0) is 15.9. The summed E-state index contributed by atoms with van der Waals surface area (Å²) in [6.45, 7) is 10.8. The lowest BCUT2D eigenvalue weighted by Gasteiger charge is -2.44. The largest absolute Gasteiger partial charge is 0.497 e. The van der Waals surface area contributed by atoms with Crippen molar-refractivity contribution in [1.82, 2.24) is 4.90 Å². The Bertz CT molecular complexity index is 404. The Labute approximate surface area is 130 Å². The van der Waals surface area contributed by atoms with E-state index in [-0.39, 0.29) is 5.54 Å². The van der Waals surface area contributed by atoms with E-state index in [0.29, 0.717) is 12.6 Å². The van der Waals surface area contributed by atoms with Gasteiger partial charge in [-0.15, -0.1) is 0 Å². The number of rotatable bonds is 9. The molecule has 120 valence electrons. The number of aryl methyl sites for hydroxylation is 1. The van der Waals surface area contributed by atoms with E-state index in [1.54, 1.807) is 7.11 Å². The minimum Gasteiger partial charge on any atom is -0.497 e. The van der Waals surface area contributed by atoms with Gasteiger partial charge in [-0.2, -0.15) is 0 Å². The normalized spacial score (nSPS) is 15.8. The first-order valence-electron chi connectivity index (χ1n) is 8.10. The van der Waals surface area contributed by atoms with Gasteiger partial charge in [0.05, 0.1) is 7.11 Å². The van der Waals surface area contributed by atoms with Crippen LogP contribution in [0.4, 0.5) is 0 Å². The summed E-state index contributed by atoms with van der Waals surface area (Å²) in [6.07, 6.45) is 3.28. The quantitative estimate of drug-likeness (QED) is 0.757. The van der Waals surface area contributed by atoms with Gasteiger partial charge in [-0.05, 0) is 57.4 Å². The molecule has 2 atom stereocenters. The van der Waals surface area contributed by atoms with Crippen molar-refractivity contribution >= 4 is 0 Å². The molecule has 2 unspecified atom stereocenters. The molecule has 0 heterocycles. The molecule has 0 aliphatic carbocycles. The molecule has 0 saturated carbocycles. The smallest absolute Gasteiger partial charge is 0.118 e. The molecule has 1 aromatic rings. The summed E-state index contributed by atoms with van der Waals surface area (Å²) >= 11 is 0.